The van der Waals surface area contributed by atoms with Gasteiger partial charge in [-0.15, -0.1) is 0 Å². The molecular formula is C20H22N4. The summed E-state index contributed by atoms with van der Waals surface area (Å²) in [7, 11) is 0. The number of benzene rings is 1. The molecule has 0 bridgehead atoms. The number of rotatable bonds is 3. The first-order chi connectivity index (χ1) is 11.7. The second kappa shape index (κ2) is 6.26. The minimum atomic E-state index is 0.507. The van der Waals surface area contributed by atoms with Crippen molar-refractivity contribution in [1.82, 2.24) is 9.88 Å². The maximum atomic E-state index is 8.89. The van der Waals surface area contributed by atoms with E-state index in [-0.39, 0.29) is 0 Å². The molecule has 0 N–H and O–H groups in total. The molecule has 1 atom stereocenters. The molecule has 0 radical (unpaired) electrons. The highest BCUT2D eigenvalue weighted by atomic mass is 15.3. The van der Waals surface area contributed by atoms with E-state index in [0.717, 1.165) is 42.6 Å². The molecule has 122 valence electrons. The number of hydrogen-bond acceptors (Lipinski definition) is 4. The summed E-state index contributed by atoms with van der Waals surface area (Å²) in [5.41, 5.74) is 2.87. The van der Waals surface area contributed by atoms with E-state index in [1.165, 1.54) is 12.8 Å². The molecule has 1 aliphatic heterocycles. The lowest BCUT2D eigenvalue weighted by Crippen LogP contribution is -2.52. The number of anilines is 1. The summed E-state index contributed by atoms with van der Waals surface area (Å²) < 4.78 is 0. The van der Waals surface area contributed by atoms with Crippen molar-refractivity contribution in [2.75, 3.05) is 24.5 Å². The predicted octanol–water partition coefficient (Wildman–Crippen LogP) is 3.29. The van der Waals surface area contributed by atoms with Crippen LogP contribution in [0.2, 0.25) is 0 Å². The van der Waals surface area contributed by atoms with Gasteiger partial charge in [0.05, 0.1) is 11.6 Å². The molecule has 1 aliphatic carbocycles. The van der Waals surface area contributed by atoms with Gasteiger partial charge in [0.15, 0.2) is 0 Å². The highest BCUT2D eigenvalue weighted by Crippen LogP contribution is 2.30. The molecule has 24 heavy (non-hydrogen) atoms. The van der Waals surface area contributed by atoms with Crippen LogP contribution in [0.25, 0.3) is 11.1 Å². The molecule has 1 saturated carbocycles. The molecule has 4 heteroatoms. The Labute approximate surface area is 143 Å². The molecule has 1 aromatic heterocycles. The topological polar surface area (TPSA) is 43.2 Å². The number of piperazine rings is 1. The van der Waals surface area contributed by atoms with Gasteiger partial charge in [-0.2, -0.15) is 5.26 Å². The average Bonchev–Trinajstić information content (AvgIpc) is 3.47. The summed E-state index contributed by atoms with van der Waals surface area (Å²) in [6.45, 7) is 5.64. The van der Waals surface area contributed by atoms with Gasteiger partial charge in [-0.1, -0.05) is 12.1 Å². The Balaban J connectivity index is 1.48. The SMILES string of the molecule is CC1CN(C2CC2)CCN1c1ccc(-c2ccc(C#N)cc2)cn1. The molecule has 0 amide bonds. The van der Waals surface area contributed by atoms with Crippen LogP contribution in [-0.4, -0.2) is 41.6 Å². The summed E-state index contributed by atoms with van der Waals surface area (Å²) in [4.78, 5) is 9.75. The normalized spacial score (nSPS) is 21.5. The summed E-state index contributed by atoms with van der Waals surface area (Å²) in [6.07, 6.45) is 4.70. The second-order valence-electron chi connectivity index (χ2n) is 6.86. The zero-order valence-corrected chi connectivity index (χ0v) is 14.0. The zero-order chi connectivity index (χ0) is 16.5. The molecule has 1 unspecified atom stereocenters. The van der Waals surface area contributed by atoms with Gasteiger partial charge < -0.3 is 4.90 Å². The van der Waals surface area contributed by atoms with E-state index in [2.05, 4.69) is 34.9 Å². The molecular weight excluding hydrogens is 296 g/mol. The quantitative estimate of drug-likeness (QED) is 0.871. The minimum absolute atomic E-state index is 0.507. The van der Waals surface area contributed by atoms with Gasteiger partial charge in [0.1, 0.15) is 5.82 Å². The first-order valence-electron chi connectivity index (χ1n) is 8.72. The van der Waals surface area contributed by atoms with Crippen molar-refractivity contribution in [3.05, 3.63) is 48.2 Å². The van der Waals surface area contributed by atoms with Gasteiger partial charge in [-0.25, -0.2) is 4.98 Å². The summed E-state index contributed by atoms with van der Waals surface area (Å²) >= 11 is 0. The maximum Gasteiger partial charge on any atom is 0.128 e. The molecule has 2 fully saturated rings. The van der Waals surface area contributed by atoms with E-state index >= 15 is 0 Å². The number of nitriles is 1. The Kier molecular flexibility index (Phi) is 3.95. The summed E-state index contributed by atoms with van der Waals surface area (Å²) in [5.74, 6) is 1.07. The summed E-state index contributed by atoms with van der Waals surface area (Å²) in [6, 6.07) is 15.4. The van der Waals surface area contributed by atoms with Crippen LogP contribution in [0.1, 0.15) is 25.3 Å². The summed E-state index contributed by atoms with van der Waals surface area (Å²) in [5, 5.41) is 8.89. The predicted molar refractivity (Wildman–Crippen MR) is 95.8 cm³/mol. The molecule has 2 aromatic rings. The maximum absolute atomic E-state index is 8.89. The molecule has 0 spiro atoms. The van der Waals surface area contributed by atoms with Crippen LogP contribution in [-0.2, 0) is 0 Å². The average molecular weight is 318 g/mol. The van der Waals surface area contributed by atoms with Crippen molar-refractivity contribution < 1.29 is 0 Å². The lowest BCUT2D eigenvalue weighted by atomic mass is 10.1. The van der Waals surface area contributed by atoms with E-state index in [4.69, 9.17) is 10.2 Å². The Bertz CT molecular complexity index is 741. The second-order valence-corrected chi connectivity index (χ2v) is 6.86. The van der Waals surface area contributed by atoms with Crippen LogP contribution in [0, 0.1) is 11.3 Å². The highest BCUT2D eigenvalue weighted by Gasteiger charge is 2.34. The van der Waals surface area contributed by atoms with E-state index in [0.29, 0.717) is 11.6 Å². The Morgan fingerprint density at radius 2 is 1.79 bits per heavy atom. The van der Waals surface area contributed by atoms with Crippen molar-refractivity contribution in [3.8, 4) is 17.2 Å². The smallest absolute Gasteiger partial charge is 0.128 e. The fraction of sp³-hybridized carbons (Fsp3) is 0.400. The minimum Gasteiger partial charge on any atom is -0.351 e. The number of aromatic nitrogens is 1. The standard InChI is InChI=1S/C20H22N4/c1-15-14-23(19-7-8-19)10-11-24(15)20-9-6-18(13-22-20)17-4-2-16(12-21)3-5-17/h2-6,9,13,15,19H,7-8,10-11,14H2,1H3. The van der Waals surface area contributed by atoms with Crippen LogP contribution < -0.4 is 4.90 Å². The molecule has 1 saturated heterocycles. The van der Waals surface area contributed by atoms with Crippen LogP contribution in [0.5, 0.6) is 0 Å². The largest absolute Gasteiger partial charge is 0.351 e. The number of hydrogen-bond donors (Lipinski definition) is 0. The van der Waals surface area contributed by atoms with Crippen molar-refractivity contribution in [1.29, 1.82) is 5.26 Å². The van der Waals surface area contributed by atoms with Gasteiger partial charge in [0, 0.05) is 43.5 Å². The molecule has 2 aliphatic rings. The van der Waals surface area contributed by atoms with Gasteiger partial charge in [0.2, 0.25) is 0 Å². The lowest BCUT2D eigenvalue weighted by molar-refractivity contribution is 0.219. The number of pyridine rings is 1. The Morgan fingerprint density at radius 1 is 1.04 bits per heavy atom. The molecule has 1 aromatic carbocycles. The van der Waals surface area contributed by atoms with Crippen LogP contribution >= 0.6 is 0 Å². The van der Waals surface area contributed by atoms with Crippen LogP contribution in [0.15, 0.2) is 42.6 Å². The fourth-order valence-electron chi connectivity index (χ4n) is 3.56. The van der Waals surface area contributed by atoms with Crippen molar-refractivity contribution in [2.24, 2.45) is 0 Å². The van der Waals surface area contributed by atoms with Gasteiger partial charge in [0.25, 0.3) is 0 Å². The third kappa shape index (κ3) is 3.00. The highest BCUT2D eigenvalue weighted by molar-refractivity contribution is 5.64. The molecule has 4 nitrogen and oxygen atoms in total. The van der Waals surface area contributed by atoms with Crippen molar-refractivity contribution >= 4 is 5.82 Å². The molecule has 4 rings (SSSR count). The zero-order valence-electron chi connectivity index (χ0n) is 14.0. The van der Waals surface area contributed by atoms with Crippen molar-refractivity contribution in [2.45, 2.75) is 31.8 Å². The Morgan fingerprint density at radius 3 is 2.38 bits per heavy atom. The third-order valence-corrected chi connectivity index (χ3v) is 5.11. The van der Waals surface area contributed by atoms with E-state index in [1.807, 2.05) is 30.5 Å². The monoisotopic (exact) mass is 318 g/mol. The van der Waals surface area contributed by atoms with Gasteiger partial charge >= 0.3 is 0 Å². The van der Waals surface area contributed by atoms with Gasteiger partial charge in [-0.05, 0) is 49.6 Å². The first-order valence-corrected chi connectivity index (χ1v) is 8.72. The van der Waals surface area contributed by atoms with E-state index in [9.17, 15) is 0 Å². The number of nitrogens with zero attached hydrogens (tertiary/aromatic N) is 4. The fourth-order valence-corrected chi connectivity index (χ4v) is 3.56. The lowest BCUT2D eigenvalue weighted by Gasteiger charge is -2.40. The van der Waals surface area contributed by atoms with Crippen LogP contribution in [0.4, 0.5) is 5.82 Å². The van der Waals surface area contributed by atoms with Gasteiger partial charge in [-0.3, -0.25) is 4.90 Å². The molecule has 2 heterocycles. The van der Waals surface area contributed by atoms with E-state index in [1.54, 1.807) is 0 Å². The first kappa shape index (κ1) is 15.2. The van der Waals surface area contributed by atoms with E-state index < -0.39 is 0 Å². The Hall–Kier alpha value is -2.38. The van der Waals surface area contributed by atoms with Crippen molar-refractivity contribution in [3.63, 3.8) is 0 Å². The van der Waals surface area contributed by atoms with Crippen LogP contribution in [0.3, 0.4) is 0 Å². The third-order valence-electron chi connectivity index (χ3n) is 5.11.